The van der Waals surface area contributed by atoms with E-state index in [2.05, 4.69) is 0 Å². The molecule has 2 N–H and O–H groups in total. The van der Waals surface area contributed by atoms with Gasteiger partial charge in [0.25, 0.3) is 0 Å². The molecule has 0 aromatic heterocycles. The first-order chi connectivity index (χ1) is 8.28. The number of aliphatic hydroxyl groups is 2. The van der Waals surface area contributed by atoms with Crippen molar-refractivity contribution in [3.05, 3.63) is 35.6 Å². The Hall–Kier alpha value is -0.970. The third kappa shape index (κ3) is 5.58. The van der Waals surface area contributed by atoms with Crippen LogP contribution in [0.2, 0.25) is 0 Å². The van der Waals surface area contributed by atoms with E-state index in [9.17, 15) is 14.6 Å². The molecule has 0 bridgehead atoms. The average Bonchev–Trinajstić information content (AvgIpc) is 2.24. The molecule has 3 nitrogen and oxygen atoms in total. The van der Waals surface area contributed by atoms with E-state index in [1.807, 2.05) is 11.9 Å². The van der Waals surface area contributed by atoms with Crippen molar-refractivity contribution in [3.8, 4) is 0 Å². The molecule has 0 heterocycles. The van der Waals surface area contributed by atoms with Crippen LogP contribution in [0.25, 0.3) is 0 Å². The zero-order valence-corrected chi connectivity index (χ0v) is 11.2. The lowest BCUT2D eigenvalue weighted by Gasteiger charge is -2.26. The van der Waals surface area contributed by atoms with Crippen LogP contribution in [-0.2, 0) is 0 Å². The molecule has 0 spiro atoms. The molecule has 0 aliphatic heterocycles. The van der Waals surface area contributed by atoms with E-state index in [-0.39, 0.29) is 5.82 Å². The Morgan fingerprint density at radius 1 is 1.28 bits per heavy atom. The highest BCUT2D eigenvalue weighted by Crippen LogP contribution is 2.17. The maximum absolute atomic E-state index is 12.7. The van der Waals surface area contributed by atoms with Gasteiger partial charge in [-0.3, -0.25) is 0 Å². The highest BCUT2D eigenvalue weighted by atomic mass is 19.1. The maximum Gasteiger partial charge on any atom is 0.123 e. The molecule has 0 saturated heterocycles. The third-order valence-electron chi connectivity index (χ3n) is 2.70. The molecule has 0 radical (unpaired) electrons. The summed E-state index contributed by atoms with van der Waals surface area (Å²) in [6.45, 7) is 4.71. The molecule has 0 amide bonds. The van der Waals surface area contributed by atoms with Gasteiger partial charge in [0.15, 0.2) is 0 Å². The van der Waals surface area contributed by atoms with E-state index in [0.29, 0.717) is 25.1 Å². The van der Waals surface area contributed by atoms with E-state index in [1.54, 1.807) is 26.0 Å². The summed E-state index contributed by atoms with van der Waals surface area (Å²) in [5.41, 5.74) is -0.0247. The molecular formula is C14H22FNO2. The average molecular weight is 255 g/mol. The van der Waals surface area contributed by atoms with Crippen LogP contribution in [0.5, 0.6) is 0 Å². The fourth-order valence-electron chi connectivity index (χ4n) is 1.93. The Bertz CT molecular complexity index is 359. The highest BCUT2D eigenvalue weighted by Gasteiger charge is 2.16. The van der Waals surface area contributed by atoms with Gasteiger partial charge in [-0.25, -0.2) is 4.39 Å². The molecule has 1 unspecified atom stereocenters. The van der Waals surface area contributed by atoms with Crippen molar-refractivity contribution in [2.75, 3.05) is 20.1 Å². The van der Waals surface area contributed by atoms with Crippen LogP contribution >= 0.6 is 0 Å². The van der Waals surface area contributed by atoms with Gasteiger partial charge < -0.3 is 15.1 Å². The summed E-state index contributed by atoms with van der Waals surface area (Å²) in [5.74, 6) is -0.301. The van der Waals surface area contributed by atoms with Gasteiger partial charge in [-0.05, 0) is 45.0 Å². The maximum atomic E-state index is 12.7. The quantitative estimate of drug-likeness (QED) is 0.816. The van der Waals surface area contributed by atoms with Gasteiger partial charge in [0.1, 0.15) is 5.82 Å². The second-order valence-corrected chi connectivity index (χ2v) is 5.41. The standard InChI is InChI=1S/C14H22FNO2/c1-14(2,18)10-16(3)9-8-13(17)11-4-6-12(15)7-5-11/h4-7,13,17-18H,8-10H2,1-3H3. The summed E-state index contributed by atoms with van der Waals surface area (Å²) < 4.78 is 12.7. The van der Waals surface area contributed by atoms with Crippen molar-refractivity contribution >= 4 is 0 Å². The molecule has 102 valence electrons. The summed E-state index contributed by atoms with van der Waals surface area (Å²) in [6, 6.07) is 5.88. The lowest BCUT2D eigenvalue weighted by Crippen LogP contribution is -2.37. The van der Waals surface area contributed by atoms with Gasteiger partial charge in [0.05, 0.1) is 11.7 Å². The summed E-state index contributed by atoms with van der Waals surface area (Å²) in [7, 11) is 1.90. The monoisotopic (exact) mass is 255 g/mol. The first-order valence-electron chi connectivity index (χ1n) is 6.12. The number of halogens is 1. The molecule has 0 saturated carbocycles. The Labute approximate surface area is 108 Å². The molecular weight excluding hydrogens is 233 g/mol. The molecule has 1 aromatic carbocycles. The molecule has 0 fully saturated rings. The van der Waals surface area contributed by atoms with E-state index < -0.39 is 11.7 Å². The molecule has 1 aromatic rings. The largest absolute Gasteiger partial charge is 0.389 e. The molecule has 1 atom stereocenters. The Morgan fingerprint density at radius 2 is 1.83 bits per heavy atom. The topological polar surface area (TPSA) is 43.7 Å². The summed E-state index contributed by atoms with van der Waals surface area (Å²) in [5, 5.41) is 19.6. The van der Waals surface area contributed by atoms with Gasteiger partial charge in [0.2, 0.25) is 0 Å². The smallest absolute Gasteiger partial charge is 0.123 e. The van der Waals surface area contributed by atoms with Crippen LogP contribution in [0.3, 0.4) is 0 Å². The third-order valence-corrected chi connectivity index (χ3v) is 2.70. The number of aliphatic hydroxyl groups excluding tert-OH is 1. The van der Waals surface area contributed by atoms with Crippen molar-refractivity contribution in [1.82, 2.24) is 4.90 Å². The zero-order chi connectivity index (χ0) is 13.8. The Kier molecular flexibility index (Phi) is 5.26. The van der Waals surface area contributed by atoms with Gasteiger partial charge in [-0.15, -0.1) is 0 Å². The molecule has 0 aliphatic rings. The lowest BCUT2D eigenvalue weighted by molar-refractivity contribution is 0.0393. The Morgan fingerprint density at radius 3 is 2.33 bits per heavy atom. The zero-order valence-electron chi connectivity index (χ0n) is 11.2. The van der Waals surface area contributed by atoms with Crippen LogP contribution in [0, 0.1) is 5.82 Å². The minimum Gasteiger partial charge on any atom is -0.389 e. The summed E-state index contributed by atoms with van der Waals surface area (Å²) in [6.07, 6.45) is -0.0482. The van der Waals surface area contributed by atoms with Gasteiger partial charge in [0, 0.05) is 13.1 Å². The van der Waals surface area contributed by atoms with Gasteiger partial charge in [-0.2, -0.15) is 0 Å². The lowest BCUT2D eigenvalue weighted by atomic mass is 10.1. The second kappa shape index (κ2) is 6.27. The van der Waals surface area contributed by atoms with Crippen molar-refractivity contribution in [2.45, 2.75) is 32.0 Å². The van der Waals surface area contributed by atoms with Crippen LogP contribution < -0.4 is 0 Å². The number of likely N-dealkylation sites (N-methyl/N-ethyl adjacent to an activating group) is 1. The van der Waals surface area contributed by atoms with Crippen molar-refractivity contribution in [1.29, 1.82) is 0 Å². The predicted molar refractivity (Wildman–Crippen MR) is 69.8 cm³/mol. The van der Waals surface area contributed by atoms with Crippen molar-refractivity contribution in [2.24, 2.45) is 0 Å². The first kappa shape index (κ1) is 15.1. The summed E-state index contributed by atoms with van der Waals surface area (Å²) >= 11 is 0. The van der Waals surface area contributed by atoms with Gasteiger partial charge >= 0.3 is 0 Å². The second-order valence-electron chi connectivity index (χ2n) is 5.41. The number of nitrogens with zero attached hydrogens (tertiary/aromatic N) is 1. The predicted octanol–water partition coefficient (Wildman–Crippen LogP) is 1.95. The fourth-order valence-corrected chi connectivity index (χ4v) is 1.93. The molecule has 4 heteroatoms. The van der Waals surface area contributed by atoms with E-state index in [1.165, 1.54) is 12.1 Å². The number of hydrogen-bond donors (Lipinski definition) is 2. The van der Waals surface area contributed by atoms with Crippen LogP contribution in [0.15, 0.2) is 24.3 Å². The molecule has 18 heavy (non-hydrogen) atoms. The van der Waals surface area contributed by atoms with E-state index >= 15 is 0 Å². The number of benzene rings is 1. The number of rotatable bonds is 6. The normalized spacial score (nSPS) is 13.9. The Balaban J connectivity index is 2.41. The minimum atomic E-state index is -0.740. The van der Waals surface area contributed by atoms with Gasteiger partial charge in [-0.1, -0.05) is 12.1 Å². The highest BCUT2D eigenvalue weighted by molar-refractivity contribution is 5.18. The molecule has 0 aliphatic carbocycles. The van der Waals surface area contributed by atoms with E-state index in [4.69, 9.17) is 0 Å². The minimum absolute atomic E-state index is 0.301. The SMILES string of the molecule is CN(CCC(O)c1ccc(F)cc1)CC(C)(C)O. The number of hydrogen-bond acceptors (Lipinski definition) is 3. The first-order valence-corrected chi connectivity index (χ1v) is 6.12. The van der Waals surface area contributed by atoms with E-state index in [0.717, 1.165) is 0 Å². The van der Waals surface area contributed by atoms with Crippen LogP contribution in [0.4, 0.5) is 4.39 Å². The van der Waals surface area contributed by atoms with Crippen molar-refractivity contribution < 1.29 is 14.6 Å². The molecule has 1 rings (SSSR count). The summed E-state index contributed by atoms with van der Waals surface area (Å²) in [4.78, 5) is 1.97. The van der Waals surface area contributed by atoms with Crippen LogP contribution in [0.1, 0.15) is 31.9 Å². The van der Waals surface area contributed by atoms with Crippen LogP contribution in [-0.4, -0.2) is 40.9 Å². The van der Waals surface area contributed by atoms with Crippen molar-refractivity contribution in [3.63, 3.8) is 0 Å². The fraction of sp³-hybridized carbons (Fsp3) is 0.571.